The summed E-state index contributed by atoms with van der Waals surface area (Å²) >= 11 is 2.15. The van der Waals surface area contributed by atoms with Gasteiger partial charge in [-0.15, -0.1) is 11.8 Å². The highest BCUT2D eigenvalue weighted by molar-refractivity contribution is 8.09. The average molecular weight is 279 g/mol. The summed E-state index contributed by atoms with van der Waals surface area (Å²) in [5, 5.41) is 0.816. The first-order valence-electron chi connectivity index (χ1n) is 8.41. The molecule has 1 heteroatoms. The van der Waals surface area contributed by atoms with Crippen LogP contribution in [0.5, 0.6) is 0 Å². The summed E-state index contributed by atoms with van der Waals surface area (Å²) in [6.45, 7) is 2.29. The second-order valence-electron chi connectivity index (χ2n) is 6.17. The topological polar surface area (TPSA) is 0 Å². The lowest BCUT2D eigenvalue weighted by Crippen LogP contribution is -2.11. The van der Waals surface area contributed by atoms with Crippen molar-refractivity contribution >= 4 is 11.8 Å². The highest BCUT2D eigenvalue weighted by Gasteiger charge is 2.51. The molecule has 2 atom stereocenters. The molecule has 19 heavy (non-hydrogen) atoms. The van der Waals surface area contributed by atoms with Gasteiger partial charge in [0.1, 0.15) is 0 Å². The Bertz CT molecular complexity index is 305. The predicted molar refractivity (Wildman–Crippen MR) is 88.9 cm³/mol. The van der Waals surface area contributed by atoms with E-state index in [2.05, 4.69) is 43.0 Å². The average Bonchev–Trinajstić information content (AvgIpc) is 3.15. The maximum absolute atomic E-state index is 2.44. The number of hydrogen-bond acceptors (Lipinski definition) is 1. The molecule has 1 saturated heterocycles. The number of allylic oxidation sites excluding steroid dienone is 2. The normalized spacial score (nSPS) is 27.5. The lowest BCUT2D eigenvalue weighted by atomic mass is 9.94. The van der Waals surface area contributed by atoms with Gasteiger partial charge in [-0.2, -0.15) is 0 Å². The molecule has 0 N–H and O–H groups in total. The third-order valence-corrected chi connectivity index (χ3v) is 6.08. The minimum atomic E-state index is 0.537. The largest absolute Gasteiger partial charge is 0.140 e. The maximum atomic E-state index is 2.44. The lowest BCUT2D eigenvalue weighted by molar-refractivity contribution is 0.541. The zero-order valence-corrected chi connectivity index (χ0v) is 13.4. The molecule has 2 unspecified atom stereocenters. The van der Waals surface area contributed by atoms with Gasteiger partial charge in [0.15, 0.2) is 0 Å². The van der Waals surface area contributed by atoms with Crippen LogP contribution in [0.1, 0.15) is 77.6 Å². The minimum Gasteiger partial charge on any atom is -0.140 e. The van der Waals surface area contributed by atoms with Crippen molar-refractivity contribution in [2.24, 2.45) is 0 Å². The third-order valence-electron chi connectivity index (χ3n) is 4.47. The van der Waals surface area contributed by atoms with Crippen LogP contribution in [0.4, 0.5) is 0 Å². The number of rotatable bonds is 11. The Morgan fingerprint density at radius 3 is 2.11 bits per heavy atom. The second-order valence-corrected chi connectivity index (χ2v) is 7.67. The van der Waals surface area contributed by atoms with Crippen molar-refractivity contribution in [3.8, 4) is 0 Å². The summed E-state index contributed by atoms with van der Waals surface area (Å²) in [6.07, 6.45) is 25.1. The van der Waals surface area contributed by atoms with Crippen LogP contribution in [-0.4, -0.2) is 10.00 Å². The molecular formula is C18H30S. The van der Waals surface area contributed by atoms with Crippen LogP contribution in [0.25, 0.3) is 0 Å². The van der Waals surface area contributed by atoms with Gasteiger partial charge in [-0.05, 0) is 6.42 Å². The highest BCUT2D eigenvalue weighted by atomic mass is 32.2. The maximum Gasteiger partial charge on any atom is 0.0502 e. The highest BCUT2D eigenvalue weighted by Crippen LogP contribution is 2.59. The summed E-state index contributed by atoms with van der Waals surface area (Å²) < 4.78 is 0.537. The van der Waals surface area contributed by atoms with Gasteiger partial charge in [-0.3, -0.25) is 0 Å². The van der Waals surface area contributed by atoms with Crippen LogP contribution in [0.3, 0.4) is 0 Å². The molecule has 1 aliphatic carbocycles. The quantitative estimate of drug-likeness (QED) is 0.317. The summed E-state index contributed by atoms with van der Waals surface area (Å²) in [5.41, 5.74) is 0. The van der Waals surface area contributed by atoms with E-state index in [1.807, 2.05) is 0 Å². The SMILES string of the molecule is CCCCCCCCCCCCC12C=CC=CC1S2. The summed E-state index contributed by atoms with van der Waals surface area (Å²) in [7, 11) is 0. The van der Waals surface area contributed by atoms with Crippen molar-refractivity contribution in [1.82, 2.24) is 0 Å². The Balaban J connectivity index is 1.37. The fourth-order valence-corrected chi connectivity index (χ4v) is 4.36. The van der Waals surface area contributed by atoms with Crippen LogP contribution in [0.15, 0.2) is 24.3 Å². The number of unbranched alkanes of at least 4 members (excludes halogenated alkanes) is 9. The van der Waals surface area contributed by atoms with Crippen LogP contribution < -0.4 is 0 Å². The third kappa shape index (κ3) is 5.02. The van der Waals surface area contributed by atoms with Crippen molar-refractivity contribution in [1.29, 1.82) is 0 Å². The van der Waals surface area contributed by atoms with Gasteiger partial charge in [0, 0.05) is 5.25 Å². The van der Waals surface area contributed by atoms with E-state index >= 15 is 0 Å². The first-order valence-corrected chi connectivity index (χ1v) is 9.29. The Hall–Kier alpha value is -0.170. The zero-order valence-electron chi connectivity index (χ0n) is 12.6. The monoisotopic (exact) mass is 278 g/mol. The van der Waals surface area contributed by atoms with E-state index in [9.17, 15) is 0 Å². The molecule has 0 saturated carbocycles. The molecule has 2 rings (SSSR count). The first kappa shape index (κ1) is 15.2. The van der Waals surface area contributed by atoms with Crippen molar-refractivity contribution in [2.75, 3.05) is 0 Å². The molecule has 108 valence electrons. The van der Waals surface area contributed by atoms with Crippen molar-refractivity contribution < 1.29 is 0 Å². The summed E-state index contributed by atoms with van der Waals surface area (Å²) in [6, 6.07) is 0. The Labute approximate surface area is 124 Å². The van der Waals surface area contributed by atoms with Gasteiger partial charge in [-0.25, -0.2) is 0 Å². The number of hydrogen-bond donors (Lipinski definition) is 0. The second kappa shape index (κ2) is 8.19. The zero-order chi connectivity index (χ0) is 13.4. The molecule has 0 nitrogen and oxygen atoms in total. The molecule has 0 amide bonds. The summed E-state index contributed by atoms with van der Waals surface area (Å²) in [5.74, 6) is 0. The molecular weight excluding hydrogens is 248 g/mol. The first-order chi connectivity index (χ1) is 9.37. The fraction of sp³-hybridized carbons (Fsp3) is 0.778. The molecule has 1 aliphatic heterocycles. The number of fused-ring (bicyclic) bond motifs is 1. The fourth-order valence-electron chi connectivity index (χ4n) is 3.10. The molecule has 0 radical (unpaired) electrons. The van der Waals surface area contributed by atoms with Crippen LogP contribution in [0, 0.1) is 0 Å². The van der Waals surface area contributed by atoms with E-state index in [4.69, 9.17) is 0 Å². The van der Waals surface area contributed by atoms with Gasteiger partial charge >= 0.3 is 0 Å². The summed E-state index contributed by atoms with van der Waals surface area (Å²) in [4.78, 5) is 0. The molecule has 1 heterocycles. The van der Waals surface area contributed by atoms with Crippen molar-refractivity contribution in [2.45, 2.75) is 87.5 Å². The van der Waals surface area contributed by atoms with E-state index in [0.29, 0.717) is 4.75 Å². The standard InChI is InChI=1S/C18H30S/c1-2-3-4-5-6-7-8-9-10-12-15-18-16-13-11-14-17(18)19-18/h11,13-14,16-17H,2-10,12,15H2,1H3. The predicted octanol–water partition coefficient (Wildman–Crippen LogP) is 6.28. The van der Waals surface area contributed by atoms with E-state index in [-0.39, 0.29) is 0 Å². The van der Waals surface area contributed by atoms with E-state index in [1.165, 1.54) is 70.6 Å². The molecule has 0 aromatic carbocycles. The van der Waals surface area contributed by atoms with Crippen LogP contribution in [0.2, 0.25) is 0 Å². The van der Waals surface area contributed by atoms with Gasteiger partial charge in [0.05, 0.1) is 4.75 Å². The lowest BCUT2D eigenvalue weighted by Gasteiger charge is -2.11. The molecule has 1 fully saturated rings. The Morgan fingerprint density at radius 2 is 1.47 bits per heavy atom. The molecule has 0 spiro atoms. The molecule has 0 aromatic heterocycles. The number of thioether (sulfide) groups is 1. The van der Waals surface area contributed by atoms with Crippen LogP contribution >= 0.6 is 11.8 Å². The van der Waals surface area contributed by atoms with Gasteiger partial charge < -0.3 is 0 Å². The smallest absolute Gasteiger partial charge is 0.0502 e. The van der Waals surface area contributed by atoms with E-state index in [0.717, 1.165) is 5.25 Å². The molecule has 0 bridgehead atoms. The van der Waals surface area contributed by atoms with E-state index < -0.39 is 0 Å². The molecule has 0 aromatic rings. The van der Waals surface area contributed by atoms with Crippen molar-refractivity contribution in [3.63, 3.8) is 0 Å². The Kier molecular flexibility index (Phi) is 6.56. The van der Waals surface area contributed by atoms with Crippen molar-refractivity contribution in [3.05, 3.63) is 24.3 Å². The minimum absolute atomic E-state index is 0.537. The van der Waals surface area contributed by atoms with Gasteiger partial charge in [0.2, 0.25) is 0 Å². The van der Waals surface area contributed by atoms with Crippen LogP contribution in [-0.2, 0) is 0 Å². The van der Waals surface area contributed by atoms with Gasteiger partial charge in [0.25, 0.3) is 0 Å². The molecule has 2 aliphatic rings. The Morgan fingerprint density at radius 1 is 0.842 bits per heavy atom. The van der Waals surface area contributed by atoms with Gasteiger partial charge in [-0.1, -0.05) is 95.4 Å². The van der Waals surface area contributed by atoms with E-state index in [1.54, 1.807) is 0 Å².